The fourth-order valence-corrected chi connectivity index (χ4v) is 6.76. The highest BCUT2D eigenvalue weighted by Gasteiger charge is 2.32. The van der Waals surface area contributed by atoms with Crippen LogP contribution in [0.15, 0.2) is 66.9 Å². The summed E-state index contributed by atoms with van der Waals surface area (Å²) in [4.78, 5) is 36.1. The van der Waals surface area contributed by atoms with Crippen molar-refractivity contribution in [3.63, 3.8) is 0 Å². The van der Waals surface area contributed by atoms with Crippen molar-refractivity contribution in [3.05, 3.63) is 88.6 Å². The van der Waals surface area contributed by atoms with Gasteiger partial charge in [-0.1, -0.05) is 29.8 Å². The number of likely N-dealkylation sites (N-methyl/N-ethyl adjacent to an activating group) is 1. The van der Waals surface area contributed by atoms with Crippen LogP contribution in [0.5, 0.6) is 0 Å². The molecule has 3 heterocycles. The van der Waals surface area contributed by atoms with E-state index in [0.717, 1.165) is 60.0 Å². The van der Waals surface area contributed by atoms with Gasteiger partial charge in [-0.05, 0) is 86.8 Å². The van der Waals surface area contributed by atoms with Gasteiger partial charge in [0.05, 0.1) is 27.9 Å². The number of rotatable bonds is 6. The molecule has 5 aromatic rings. The monoisotopic (exact) mass is 611 g/mol. The summed E-state index contributed by atoms with van der Waals surface area (Å²) in [7, 11) is 1.79. The Balaban J connectivity index is 1.50. The van der Waals surface area contributed by atoms with E-state index in [9.17, 15) is 14.7 Å². The molecular formula is C34H30ClN3O4S. The number of aromatic nitrogens is 2. The molecule has 0 saturated carbocycles. The number of benzene rings is 3. The van der Waals surface area contributed by atoms with Crippen LogP contribution in [0.2, 0.25) is 5.02 Å². The molecule has 1 amide bonds. The first-order valence-corrected chi connectivity index (χ1v) is 15.1. The zero-order valence-corrected chi connectivity index (χ0v) is 26.0. The van der Waals surface area contributed by atoms with Crippen LogP contribution in [0.25, 0.3) is 43.2 Å². The highest BCUT2D eigenvalue weighted by atomic mass is 35.5. The van der Waals surface area contributed by atoms with E-state index in [0.29, 0.717) is 17.0 Å². The van der Waals surface area contributed by atoms with Crippen molar-refractivity contribution >= 4 is 50.7 Å². The molecule has 218 valence electrons. The van der Waals surface area contributed by atoms with E-state index in [1.165, 1.54) is 11.3 Å². The van der Waals surface area contributed by atoms with Crippen LogP contribution in [-0.4, -0.2) is 39.6 Å². The van der Waals surface area contributed by atoms with Gasteiger partial charge in [-0.2, -0.15) is 0 Å². The third-order valence-electron chi connectivity index (χ3n) is 7.48. The maximum absolute atomic E-state index is 12.6. The molecule has 0 bridgehead atoms. The minimum atomic E-state index is -1.18. The van der Waals surface area contributed by atoms with Gasteiger partial charge in [-0.25, -0.2) is 9.78 Å². The number of carboxylic acids is 1. The van der Waals surface area contributed by atoms with Crippen molar-refractivity contribution < 1.29 is 19.4 Å². The summed E-state index contributed by atoms with van der Waals surface area (Å²) in [5.74, 6) is -0.981. The van der Waals surface area contributed by atoms with Crippen LogP contribution >= 0.6 is 22.9 Å². The van der Waals surface area contributed by atoms with Gasteiger partial charge in [0.2, 0.25) is 5.91 Å². The molecule has 9 heteroatoms. The lowest BCUT2D eigenvalue weighted by Gasteiger charge is -2.28. The minimum absolute atomic E-state index is 0.0764. The third-order valence-corrected chi connectivity index (χ3v) is 8.87. The number of fused-ring (bicyclic) bond motifs is 2. The van der Waals surface area contributed by atoms with Gasteiger partial charge in [-0.15, -0.1) is 11.3 Å². The Kier molecular flexibility index (Phi) is 7.32. The molecule has 43 heavy (non-hydrogen) atoms. The molecule has 1 N–H and O–H groups in total. The number of carbonyl (C=O) groups is 2. The van der Waals surface area contributed by atoms with Gasteiger partial charge in [0.15, 0.2) is 6.10 Å². The maximum Gasteiger partial charge on any atom is 0.337 e. The van der Waals surface area contributed by atoms with E-state index in [1.54, 1.807) is 30.3 Å². The highest BCUT2D eigenvalue weighted by molar-refractivity contribution is 7.22. The summed E-state index contributed by atoms with van der Waals surface area (Å²) >= 11 is 7.73. The maximum atomic E-state index is 12.6. The number of hydrogen-bond donors (Lipinski definition) is 1. The Hall–Kier alpha value is -4.11. The van der Waals surface area contributed by atoms with Crippen LogP contribution in [0.1, 0.15) is 43.6 Å². The lowest BCUT2D eigenvalue weighted by molar-refractivity contribution is -0.160. The Morgan fingerprint density at radius 3 is 2.47 bits per heavy atom. The molecule has 1 atom stereocenters. The number of aryl methyl sites for hydroxylation is 1. The van der Waals surface area contributed by atoms with Crippen LogP contribution in [0.3, 0.4) is 0 Å². The molecule has 3 aromatic carbocycles. The molecule has 2 aromatic heterocycles. The summed E-state index contributed by atoms with van der Waals surface area (Å²) in [5, 5.41) is 11.7. The summed E-state index contributed by atoms with van der Waals surface area (Å²) in [6, 6.07) is 19.2. The molecule has 1 aliphatic rings. The van der Waals surface area contributed by atoms with Gasteiger partial charge in [0, 0.05) is 46.2 Å². The van der Waals surface area contributed by atoms with Crippen molar-refractivity contribution in [2.45, 2.75) is 45.8 Å². The minimum Gasteiger partial charge on any atom is -0.479 e. The van der Waals surface area contributed by atoms with E-state index in [4.69, 9.17) is 21.3 Å². The molecule has 0 fully saturated rings. The number of anilines is 1. The molecule has 0 spiro atoms. The first kappa shape index (κ1) is 29.0. The quantitative estimate of drug-likeness (QED) is 0.208. The Morgan fingerprint density at radius 1 is 1.05 bits per heavy atom. The van der Waals surface area contributed by atoms with Crippen molar-refractivity contribution in [2.24, 2.45) is 0 Å². The van der Waals surface area contributed by atoms with Crippen molar-refractivity contribution in [1.29, 1.82) is 0 Å². The number of halogens is 1. The van der Waals surface area contributed by atoms with Crippen LogP contribution < -0.4 is 4.90 Å². The predicted octanol–water partition coefficient (Wildman–Crippen LogP) is 8.11. The second-order valence-corrected chi connectivity index (χ2v) is 13.1. The molecule has 0 aliphatic carbocycles. The smallest absolute Gasteiger partial charge is 0.337 e. The van der Waals surface area contributed by atoms with Gasteiger partial charge >= 0.3 is 5.97 Å². The number of pyridine rings is 1. The summed E-state index contributed by atoms with van der Waals surface area (Å²) in [5.41, 5.74) is 7.56. The molecule has 0 radical (unpaired) electrons. The number of thiazole rings is 1. The molecule has 6 rings (SSSR count). The van der Waals surface area contributed by atoms with Gasteiger partial charge < -0.3 is 14.7 Å². The predicted molar refractivity (Wildman–Crippen MR) is 172 cm³/mol. The fourth-order valence-electron chi connectivity index (χ4n) is 5.51. The number of carbonyl (C=O) groups excluding carboxylic acids is 1. The lowest BCUT2D eigenvalue weighted by atomic mass is 9.91. The average Bonchev–Trinajstić information content (AvgIpc) is 3.51. The number of aliphatic carboxylic acids is 1. The number of hydrogen-bond acceptors (Lipinski definition) is 6. The highest BCUT2D eigenvalue weighted by Crippen LogP contribution is 2.44. The largest absolute Gasteiger partial charge is 0.479 e. The molecule has 1 aliphatic heterocycles. The summed E-state index contributed by atoms with van der Waals surface area (Å²) < 4.78 is 6.99. The van der Waals surface area contributed by atoms with E-state index in [-0.39, 0.29) is 5.91 Å². The second-order valence-electron chi connectivity index (χ2n) is 11.7. The Bertz CT molecular complexity index is 1910. The van der Waals surface area contributed by atoms with Crippen LogP contribution in [0.4, 0.5) is 5.69 Å². The third kappa shape index (κ3) is 5.54. The van der Waals surface area contributed by atoms with Crippen LogP contribution in [-0.2, 0) is 20.7 Å². The SMILES string of the molecule is Cc1cc2nc(-c3ccnc(-c4ccc5c(c4)CC(=O)N5C)c3)sc2c(-c2ccc(Cl)cc2)c1[C@H](OC(C)(C)C)C(=O)O. The van der Waals surface area contributed by atoms with Crippen molar-refractivity contribution in [2.75, 3.05) is 11.9 Å². The zero-order chi connectivity index (χ0) is 30.6. The van der Waals surface area contributed by atoms with Gasteiger partial charge in [-0.3, -0.25) is 9.78 Å². The molecule has 7 nitrogen and oxygen atoms in total. The Morgan fingerprint density at radius 2 is 1.77 bits per heavy atom. The second kappa shape index (κ2) is 10.9. The number of nitrogens with zero attached hydrogens (tertiary/aromatic N) is 3. The standard InChI is InChI=1S/C34H30ClN3O4S/c1-18-14-25-31(29(19-6-9-23(35)10-7-19)28(18)30(33(40)41)42-34(2,3)4)43-32(37-25)21-12-13-36-24(16-21)20-8-11-26-22(15-20)17-27(39)38(26)5/h6-16,30H,17H2,1-5H3,(H,40,41)/t30-/m0/s1. The van der Waals surface area contributed by atoms with Gasteiger partial charge in [0.25, 0.3) is 0 Å². The number of amides is 1. The number of carboxylic acid groups (broad SMARTS) is 1. The zero-order valence-electron chi connectivity index (χ0n) is 24.4. The molecule has 0 unspecified atom stereocenters. The van der Waals surface area contributed by atoms with E-state index in [1.807, 2.05) is 76.2 Å². The number of ether oxygens (including phenoxy) is 1. The van der Waals surface area contributed by atoms with Crippen molar-refractivity contribution in [1.82, 2.24) is 9.97 Å². The average molecular weight is 612 g/mol. The van der Waals surface area contributed by atoms with Crippen LogP contribution in [0, 0.1) is 6.92 Å². The first-order valence-electron chi connectivity index (χ1n) is 13.9. The normalized spacial score (nSPS) is 13.9. The van der Waals surface area contributed by atoms with E-state index in [2.05, 4.69) is 4.98 Å². The fraction of sp³-hybridized carbons (Fsp3) is 0.235. The topological polar surface area (TPSA) is 92.6 Å². The molecule has 0 saturated heterocycles. The first-order chi connectivity index (χ1) is 20.4. The molecular weight excluding hydrogens is 582 g/mol. The summed E-state index contributed by atoms with van der Waals surface area (Å²) in [6.07, 6.45) is 0.956. The van der Waals surface area contributed by atoms with Gasteiger partial charge in [0.1, 0.15) is 5.01 Å². The van der Waals surface area contributed by atoms with E-state index < -0.39 is 17.7 Å². The van der Waals surface area contributed by atoms with E-state index >= 15 is 0 Å². The lowest BCUT2D eigenvalue weighted by Crippen LogP contribution is -2.28. The Labute approximate surface area is 258 Å². The van der Waals surface area contributed by atoms with Crippen molar-refractivity contribution in [3.8, 4) is 33.0 Å². The summed E-state index contributed by atoms with van der Waals surface area (Å²) in [6.45, 7) is 7.45.